The summed E-state index contributed by atoms with van der Waals surface area (Å²) in [5, 5.41) is 2.52. The van der Waals surface area contributed by atoms with Gasteiger partial charge >= 0.3 is 0 Å². The third kappa shape index (κ3) is 4.42. The minimum absolute atomic E-state index is 0.268. The minimum atomic E-state index is -0.500. The first kappa shape index (κ1) is 21.0. The zero-order chi connectivity index (χ0) is 22.0. The molecule has 156 valence electrons. The normalized spacial score (nSPS) is 15.0. The zero-order valence-electron chi connectivity index (χ0n) is 16.5. The maximum absolute atomic E-state index is 12.8. The van der Waals surface area contributed by atoms with Crippen molar-refractivity contribution in [3.8, 4) is 5.69 Å². The van der Waals surface area contributed by atoms with E-state index in [0.29, 0.717) is 10.7 Å². The number of nitrogens with one attached hydrogen (secondary N) is 1. The van der Waals surface area contributed by atoms with Crippen LogP contribution >= 0.6 is 23.4 Å². The van der Waals surface area contributed by atoms with Gasteiger partial charge in [-0.15, -0.1) is 0 Å². The summed E-state index contributed by atoms with van der Waals surface area (Å²) in [6.45, 7) is 1.62. The average Bonchev–Trinajstić information content (AvgIpc) is 3.30. The van der Waals surface area contributed by atoms with E-state index in [4.69, 9.17) is 11.6 Å². The van der Waals surface area contributed by atoms with Gasteiger partial charge in [0.05, 0.1) is 15.6 Å². The lowest BCUT2D eigenvalue weighted by Gasteiger charge is -2.13. The lowest BCUT2D eigenvalue weighted by molar-refractivity contribution is -0.127. The SMILES string of the molecule is Cc1ccccc1-n1cccc1/C=C1/SC(=O)N(CC(=O)Nc2ccccc2Cl)C1=O. The molecule has 0 unspecified atom stereocenters. The molecule has 0 aliphatic carbocycles. The molecule has 2 aromatic carbocycles. The highest BCUT2D eigenvalue weighted by Gasteiger charge is 2.36. The molecule has 0 saturated carbocycles. The van der Waals surface area contributed by atoms with Crippen LogP contribution in [0.1, 0.15) is 11.3 Å². The fourth-order valence-corrected chi connectivity index (χ4v) is 4.24. The van der Waals surface area contributed by atoms with Crippen molar-refractivity contribution in [2.75, 3.05) is 11.9 Å². The number of amides is 3. The van der Waals surface area contributed by atoms with E-state index in [1.54, 1.807) is 30.3 Å². The second-order valence-corrected chi connectivity index (χ2v) is 8.29. The number of anilines is 1. The van der Waals surface area contributed by atoms with E-state index in [2.05, 4.69) is 5.32 Å². The van der Waals surface area contributed by atoms with E-state index in [1.165, 1.54) is 0 Å². The van der Waals surface area contributed by atoms with Crippen LogP contribution in [0, 0.1) is 6.92 Å². The molecular formula is C23H18ClN3O3S. The van der Waals surface area contributed by atoms with Crippen molar-refractivity contribution >= 4 is 52.2 Å². The summed E-state index contributed by atoms with van der Waals surface area (Å²) in [7, 11) is 0. The molecule has 3 aromatic rings. The van der Waals surface area contributed by atoms with Gasteiger partial charge in [-0.3, -0.25) is 19.3 Å². The Morgan fingerprint density at radius 1 is 1.06 bits per heavy atom. The van der Waals surface area contributed by atoms with Crippen LogP contribution < -0.4 is 5.32 Å². The lowest BCUT2D eigenvalue weighted by atomic mass is 10.2. The third-order valence-electron chi connectivity index (χ3n) is 4.76. The summed E-state index contributed by atoms with van der Waals surface area (Å²) in [6.07, 6.45) is 3.57. The monoisotopic (exact) mass is 451 g/mol. The summed E-state index contributed by atoms with van der Waals surface area (Å²) in [6, 6.07) is 18.4. The van der Waals surface area contributed by atoms with Gasteiger partial charge < -0.3 is 9.88 Å². The van der Waals surface area contributed by atoms with Crippen LogP contribution in [0.15, 0.2) is 71.8 Å². The Morgan fingerprint density at radius 2 is 1.81 bits per heavy atom. The molecule has 0 bridgehead atoms. The molecule has 2 heterocycles. The number of nitrogens with zero attached hydrogens (tertiary/aromatic N) is 2. The number of carbonyl (C=O) groups is 3. The summed E-state index contributed by atoms with van der Waals surface area (Å²) < 4.78 is 1.95. The average molecular weight is 452 g/mol. The van der Waals surface area contributed by atoms with Gasteiger partial charge in [-0.25, -0.2) is 0 Å². The van der Waals surface area contributed by atoms with Crippen molar-refractivity contribution in [1.29, 1.82) is 0 Å². The van der Waals surface area contributed by atoms with Crippen molar-refractivity contribution in [1.82, 2.24) is 9.47 Å². The number of benzene rings is 2. The molecule has 1 aliphatic heterocycles. The lowest BCUT2D eigenvalue weighted by Crippen LogP contribution is -2.36. The van der Waals surface area contributed by atoms with Gasteiger partial charge in [0.1, 0.15) is 6.54 Å². The van der Waals surface area contributed by atoms with Gasteiger partial charge in [-0.1, -0.05) is 41.9 Å². The number of rotatable bonds is 5. The molecule has 1 fully saturated rings. The molecule has 1 aliphatic rings. The van der Waals surface area contributed by atoms with Crippen molar-refractivity contribution in [3.05, 3.63) is 88.0 Å². The van der Waals surface area contributed by atoms with Crippen LogP contribution in [0.4, 0.5) is 10.5 Å². The Morgan fingerprint density at radius 3 is 2.58 bits per heavy atom. The van der Waals surface area contributed by atoms with E-state index < -0.39 is 17.1 Å². The Labute approximate surface area is 188 Å². The molecule has 1 saturated heterocycles. The van der Waals surface area contributed by atoms with E-state index in [0.717, 1.165) is 33.6 Å². The second kappa shape index (κ2) is 8.83. The number of hydrogen-bond donors (Lipinski definition) is 1. The van der Waals surface area contributed by atoms with Gasteiger partial charge in [0, 0.05) is 17.6 Å². The maximum Gasteiger partial charge on any atom is 0.294 e. The molecule has 6 nitrogen and oxygen atoms in total. The van der Waals surface area contributed by atoms with Gasteiger partial charge in [-0.05, 0) is 60.7 Å². The predicted molar refractivity (Wildman–Crippen MR) is 123 cm³/mol. The number of aryl methyl sites for hydroxylation is 1. The zero-order valence-corrected chi connectivity index (χ0v) is 18.1. The van der Waals surface area contributed by atoms with E-state index >= 15 is 0 Å². The largest absolute Gasteiger partial charge is 0.323 e. The number of imide groups is 1. The van der Waals surface area contributed by atoms with E-state index in [9.17, 15) is 14.4 Å². The first-order valence-electron chi connectivity index (χ1n) is 9.47. The van der Waals surface area contributed by atoms with Crippen molar-refractivity contribution in [2.24, 2.45) is 0 Å². The number of carbonyl (C=O) groups excluding carboxylic acids is 3. The Kier molecular flexibility index (Phi) is 5.97. The minimum Gasteiger partial charge on any atom is -0.323 e. The predicted octanol–water partition coefficient (Wildman–Crippen LogP) is 5.11. The molecule has 31 heavy (non-hydrogen) atoms. The standard InChI is InChI=1S/C23H18ClN3O3S/c1-15-7-2-5-11-19(15)26-12-6-8-16(26)13-20-22(29)27(23(30)31-20)14-21(28)25-18-10-4-3-9-17(18)24/h2-13H,14H2,1H3,(H,25,28)/b20-13+. The first-order chi connectivity index (χ1) is 14.9. The Balaban J connectivity index is 1.52. The molecule has 4 rings (SSSR count). The van der Waals surface area contributed by atoms with E-state index in [1.807, 2.05) is 54.1 Å². The van der Waals surface area contributed by atoms with Crippen molar-refractivity contribution in [3.63, 3.8) is 0 Å². The summed E-state index contributed by atoms with van der Waals surface area (Å²) in [4.78, 5) is 38.8. The van der Waals surface area contributed by atoms with Crippen molar-refractivity contribution < 1.29 is 14.4 Å². The van der Waals surface area contributed by atoms with Crippen LogP contribution in [0.5, 0.6) is 0 Å². The summed E-state index contributed by atoms with van der Waals surface area (Å²) >= 11 is 6.86. The molecule has 0 radical (unpaired) electrons. The number of thioether (sulfide) groups is 1. The highest BCUT2D eigenvalue weighted by Crippen LogP contribution is 2.33. The summed E-state index contributed by atoms with van der Waals surface area (Å²) in [5.74, 6) is -0.998. The molecule has 0 spiro atoms. The number of para-hydroxylation sites is 2. The van der Waals surface area contributed by atoms with Crippen LogP contribution in [-0.2, 0) is 9.59 Å². The quantitative estimate of drug-likeness (QED) is 0.547. The second-order valence-electron chi connectivity index (χ2n) is 6.89. The molecule has 3 amide bonds. The topological polar surface area (TPSA) is 71.4 Å². The van der Waals surface area contributed by atoms with Crippen LogP contribution in [0.2, 0.25) is 5.02 Å². The number of halogens is 1. The Bertz CT molecular complexity index is 1220. The molecular weight excluding hydrogens is 434 g/mol. The van der Waals surface area contributed by atoms with Gasteiger partial charge in [0.2, 0.25) is 5.91 Å². The molecule has 8 heteroatoms. The van der Waals surface area contributed by atoms with Crippen LogP contribution in [-0.4, -0.2) is 33.1 Å². The highest BCUT2D eigenvalue weighted by molar-refractivity contribution is 8.18. The van der Waals surface area contributed by atoms with Crippen molar-refractivity contribution in [2.45, 2.75) is 6.92 Å². The first-order valence-corrected chi connectivity index (χ1v) is 10.7. The van der Waals surface area contributed by atoms with Gasteiger partial charge in [0.25, 0.3) is 11.1 Å². The highest BCUT2D eigenvalue weighted by atomic mass is 35.5. The third-order valence-corrected chi connectivity index (χ3v) is 5.99. The summed E-state index contributed by atoms with van der Waals surface area (Å²) in [5.41, 5.74) is 3.25. The fourth-order valence-electron chi connectivity index (χ4n) is 3.23. The maximum atomic E-state index is 12.8. The smallest absolute Gasteiger partial charge is 0.294 e. The van der Waals surface area contributed by atoms with Crippen LogP contribution in [0.3, 0.4) is 0 Å². The fraction of sp³-hybridized carbons (Fsp3) is 0.0870. The molecule has 0 atom stereocenters. The number of aromatic nitrogens is 1. The Hall–Kier alpha value is -3.29. The molecule has 1 aromatic heterocycles. The van der Waals surface area contributed by atoms with Crippen LogP contribution in [0.25, 0.3) is 11.8 Å². The van der Waals surface area contributed by atoms with Gasteiger partial charge in [0.15, 0.2) is 0 Å². The van der Waals surface area contributed by atoms with E-state index in [-0.39, 0.29) is 11.4 Å². The molecule has 1 N–H and O–H groups in total. The number of hydrogen-bond acceptors (Lipinski definition) is 4. The van der Waals surface area contributed by atoms with Gasteiger partial charge in [-0.2, -0.15) is 0 Å².